The molecule has 0 aromatic rings. The monoisotopic (exact) mass is 224 g/mol. The van der Waals surface area contributed by atoms with Gasteiger partial charge < -0.3 is 10.6 Å². The van der Waals surface area contributed by atoms with Crippen molar-refractivity contribution >= 4 is 0 Å². The van der Waals surface area contributed by atoms with Crippen molar-refractivity contribution in [1.29, 1.82) is 0 Å². The van der Waals surface area contributed by atoms with Gasteiger partial charge in [-0.25, -0.2) is 0 Å². The molecule has 0 radical (unpaired) electrons. The Bertz CT molecular complexity index is 201. The summed E-state index contributed by atoms with van der Waals surface area (Å²) in [6.07, 6.45) is 9.98. The van der Waals surface area contributed by atoms with Crippen LogP contribution in [0.2, 0.25) is 0 Å². The highest BCUT2D eigenvalue weighted by Crippen LogP contribution is 2.32. The van der Waals surface area contributed by atoms with Gasteiger partial charge in [0.2, 0.25) is 0 Å². The fraction of sp³-hybridized carbons (Fsp3) is 1.00. The molecule has 2 N–H and O–H groups in total. The summed E-state index contributed by atoms with van der Waals surface area (Å²) in [5, 5.41) is 0. The van der Waals surface area contributed by atoms with Gasteiger partial charge in [-0.3, -0.25) is 0 Å². The largest absolute Gasteiger partial charge is 0.330 e. The maximum atomic E-state index is 5.94. The molecule has 0 aromatic carbocycles. The van der Waals surface area contributed by atoms with E-state index in [1.165, 1.54) is 58.0 Å². The van der Waals surface area contributed by atoms with Crippen LogP contribution in [0.3, 0.4) is 0 Å². The molecule has 0 amide bonds. The minimum Gasteiger partial charge on any atom is -0.330 e. The summed E-state index contributed by atoms with van der Waals surface area (Å²) in [5.74, 6) is 1.77. The maximum absolute atomic E-state index is 5.94. The molecule has 2 saturated carbocycles. The van der Waals surface area contributed by atoms with Crippen molar-refractivity contribution in [1.82, 2.24) is 4.90 Å². The molecule has 2 unspecified atom stereocenters. The van der Waals surface area contributed by atoms with Gasteiger partial charge in [-0.2, -0.15) is 0 Å². The Morgan fingerprint density at radius 1 is 1.06 bits per heavy atom. The molecule has 0 spiro atoms. The molecule has 2 rings (SSSR count). The van der Waals surface area contributed by atoms with Crippen molar-refractivity contribution in [3.63, 3.8) is 0 Å². The summed E-state index contributed by atoms with van der Waals surface area (Å²) in [5.41, 5.74) is 5.94. The van der Waals surface area contributed by atoms with Crippen molar-refractivity contribution in [2.75, 3.05) is 19.6 Å². The molecule has 2 aliphatic rings. The molecular weight excluding hydrogens is 196 g/mol. The van der Waals surface area contributed by atoms with E-state index in [0.717, 1.165) is 24.4 Å². The SMILES string of the molecule is CCN(CC1CCC1)C1CCCCC1CN. The van der Waals surface area contributed by atoms with Crippen LogP contribution >= 0.6 is 0 Å². The second-order valence-electron chi connectivity index (χ2n) is 5.73. The number of nitrogens with zero attached hydrogens (tertiary/aromatic N) is 1. The Morgan fingerprint density at radius 2 is 1.81 bits per heavy atom. The van der Waals surface area contributed by atoms with E-state index in [1.807, 2.05) is 0 Å². The lowest BCUT2D eigenvalue weighted by atomic mass is 9.81. The first-order valence-electron chi connectivity index (χ1n) is 7.29. The van der Waals surface area contributed by atoms with Crippen LogP contribution in [0.15, 0.2) is 0 Å². The number of rotatable bonds is 5. The predicted octanol–water partition coefficient (Wildman–Crippen LogP) is 2.63. The first-order valence-corrected chi connectivity index (χ1v) is 7.29. The third-order valence-corrected chi connectivity index (χ3v) is 4.76. The molecule has 2 aliphatic carbocycles. The summed E-state index contributed by atoms with van der Waals surface area (Å²) < 4.78 is 0. The Kier molecular flexibility index (Phi) is 4.66. The summed E-state index contributed by atoms with van der Waals surface area (Å²) in [7, 11) is 0. The zero-order valence-corrected chi connectivity index (χ0v) is 10.8. The van der Waals surface area contributed by atoms with E-state index in [4.69, 9.17) is 5.73 Å². The number of hydrogen-bond donors (Lipinski definition) is 1. The van der Waals surface area contributed by atoms with E-state index in [1.54, 1.807) is 0 Å². The molecule has 0 saturated heterocycles. The fourth-order valence-electron chi connectivity index (χ4n) is 3.45. The minimum atomic E-state index is 0.772. The van der Waals surface area contributed by atoms with Crippen LogP contribution in [-0.2, 0) is 0 Å². The maximum Gasteiger partial charge on any atom is 0.0135 e. The van der Waals surface area contributed by atoms with Crippen LogP contribution in [-0.4, -0.2) is 30.6 Å². The summed E-state index contributed by atoms with van der Waals surface area (Å²) in [6, 6.07) is 0.796. The quantitative estimate of drug-likeness (QED) is 0.778. The van der Waals surface area contributed by atoms with Crippen molar-refractivity contribution in [3.05, 3.63) is 0 Å². The van der Waals surface area contributed by atoms with Crippen LogP contribution in [0.4, 0.5) is 0 Å². The topological polar surface area (TPSA) is 29.3 Å². The minimum absolute atomic E-state index is 0.772. The normalized spacial score (nSPS) is 31.7. The van der Waals surface area contributed by atoms with Gasteiger partial charge in [0.25, 0.3) is 0 Å². The molecule has 16 heavy (non-hydrogen) atoms. The van der Waals surface area contributed by atoms with Gasteiger partial charge in [-0.15, -0.1) is 0 Å². The van der Waals surface area contributed by atoms with Crippen LogP contribution < -0.4 is 5.73 Å². The Balaban J connectivity index is 1.88. The van der Waals surface area contributed by atoms with E-state index in [2.05, 4.69) is 11.8 Å². The smallest absolute Gasteiger partial charge is 0.0135 e. The van der Waals surface area contributed by atoms with E-state index in [-0.39, 0.29) is 0 Å². The van der Waals surface area contributed by atoms with Crippen LogP contribution in [0.25, 0.3) is 0 Å². The first-order chi connectivity index (χ1) is 7.85. The van der Waals surface area contributed by atoms with Gasteiger partial charge in [-0.05, 0) is 50.6 Å². The van der Waals surface area contributed by atoms with Crippen LogP contribution in [0, 0.1) is 11.8 Å². The molecule has 2 atom stereocenters. The zero-order valence-electron chi connectivity index (χ0n) is 10.8. The molecule has 94 valence electrons. The van der Waals surface area contributed by atoms with Gasteiger partial charge in [-0.1, -0.05) is 26.2 Å². The molecule has 2 nitrogen and oxygen atoms in total. The summed E-state index contributed by atoms with van der Waals surface area (Å²) >= 11 is 0. The highest BCUT2D eigenvalue weighted by atomic mass is 15.2. The van der Waals surface area contributed by atoms with E-state index >= 15 is 0 Å². The molecule has 0 heterocycles. The van der Waals surface area contributed by atoms with E-state index < -0.39 is 0 Å². The Hall–Kier alpha value is -0.0800. The van der Waals surface area contributed by atoms with E-state index in [9.17, 15) is 0 Å². The molecular formula is C14H28N2. The summed E-state index contributed by atoms with van der Waals surface area (Å²) in [6.45, 7) is 5.78. The Morgan fingerprint density at radius 3 is 2.38 bits per heavy atom. The average Bonchev–Trinajstić information content (AvgIpc) is 2.28. The molecule has 2 fully saturated rings. The lowest BCUT2D eigenvalue weighted by Crippen LogP contribution is -2.47. The molecule has 0 bridgehead atoms. The number of nitrogens with two attached hydrogens (primary N) is 1. The predicted molar refractivity (Wildman–Crippen MR) is 69.4 cm³/mol. The van der Waals surface area contributed by atoms with Gasteiger partial charge in [0, 0.05) is 12.6 Å². The first kappa shape index (κ1) is 12.4. The second kappa shape index (κ2) is 6.02. The van der Waals surface area contributed by atoms with Gasteiger partial charge in [0.15, 0.2) is 0 Å². The summed E-state index contributed by atoms with van der Waals surface area (Å²) in [4.78, 5) is 2.74. The molecule has 2 heteroatoms. The van der Waals surface area contributed by atoms with Crippen molar-refractivity contribution in [2.45, 2.75) is 57.9 Å². The highest BCUT2D eigenvalue weighted by Gasteiger charge is 2.30. The van der Waals surface area contributed by atoms with Gasteiger partial charge >= 0.3 is 0 Å². The molecule has 0 aromatic heterocycles. The van der Waals surface area contributed by atoms with Gasteiger partial charge in [0.1, 0.15) is 0 Å². The Labute approximate surface area is 101 Å². The molecule has 0 aliphatic heterocycles. The number of hydrogen-bond acceptors (Lipinski definition) is 2. The van der Waals surface area contributed by atoms with Crippen molar-refractivity contribution in [3.8, 4) is 0 Å². The second-order valence-corrected chi connectivity index (χ2v) is 5.73. The van der Waals surface area contributed by atoms with Gasteiger partial charge in [0.05, 0.1) is 0 Å². The lowest BCUT2D eigenvalue weighted by molar-refractivity contribution is 0.0784. The van der Waals surface area contributed by atoms with E-state index in [0.29, 0.717) is 0 Å². The standard InChI is InChI=1S/C14H28N2/c1-2-16(11-12-6-5-7-12)14-9-4-3-8-13(14)10-15/h12-14H,2-11,15H2,1H3. The third kappa shape index (κ3) is 2.78. The highest BCUT2D eigenvalue weighted by molar-refractivity contribution is 4.85. The average molecular weight is 224 g/mol. The lowest BCUT2D eigenvalue weighted by Gasteiger charge is -2.42. The van der Waals surface area contributed by atoms with Crippen molar-refractivity contribution < 1.29 is 0 Å². The fourth-order valence-corrected chi connectivity index (χ4v) is 3.45. The third-order valence-electron chi connectivity index (χ3n) is 4.76. The zero-order chi connectivity index (χ0) is 11.4. The van der Waals surface area contributed by atoms with Crippen LogP contribution in [0.1, 0.15) is 51.9 Å². The van der Waals surface area contributed by atoms with Crippen molar-refractivity contribution in [2.24, 2.45) is 17.6 Å². The van der Waals surface area contributed by atoms with Crippen LogP contribution in [0.5, 0.6) is 0 Å².